The lowest BCUT2D eigenvalue weighted by molar-refractivity contribution is -0.113. The van der Waals surface area contributed by atoms with Gasteiger partial charge in [0, 0.05) is 16.3 Å². The first kappa shape index (κ1) is 12.6. The van der Waals surface area contributed by atoms with Crippen LogP contribution in [0, 0.1) is 0 Å². The smallest absolute Gasteiger partial charge is 0.186 e. The van der Waals surface area contributed by atoms with Gasteiger partial charge in [-0.15, -0.1) is 5.10 Å². The molecule has 2 aromatic carbocycles. The molecule has 0 saturated heterocycles. The van der Waals surface area contributed by atoms with Gasteiger partial charge in [0.1, 0.15) is 5.52 Å². The number of rotatable bonds is 1. The molecule has 0 saturated carbocycles. The molecule has 4 heteroatoms. The zero-order valence-corrected chi connectivity index (χ0v) is 11.5. The summed E-state index contributed by atoms with van der Waals surface area (Å²) in [5, 5.41) is 10.9. The van der Waals surface area contributed by atoms with E-state index in [9.17, 15) is 9.59 Å². The van der Waals surface area contributed by atoms with Crippen molar-refractivity contribution in [3.05, 3.63) is 66.4 Å². The fraction of sp³-hybridized carbons (Fsp3) is 0. The Hall–Kier alpha value is -3.14. The van der Waals surface area contributed by atoms with E-state index in [2.05, 4.69) is 10.2 Å². The van der Waals surface area contributed by atoms with E-state index in [-0.39, 0.29) is 11.6 Å². The fourth-order valence-electron chi connectivity index (χ4n) is 2.77. The number of hydrogen-bond acceptors (Lipinski definition) is 4. The first-order valence-corrected chi connectivity index (χ1v) is 6.85. The normalized spacial score (nSPS) is 14.6. The van der Waals surface area contributed by atoms with Crippen molar-refractivity contribution < 1.29 is 9.59 Å². The van der Waals surface area contributed by atoms with Gasteiger partial charge in [0.05, 0.1) is 6.20 Å². The SMILES string of the molecule is O=C1C=CC(=O)C(c2cccc3ccc4ccnnc4c23)=C1. The molecule has 22 heavy (non-hydrogen) atoms. The third-order valence-electron chi connectivity index (χ3n) is 3.77. The van der Waals surface area contributed by atoms with Gasteiger partial charge in [-0.1, -0.05) is 30.3 Å². The quantitative estimate of drug-likeness (QED) is 0.510. The van der Waals surface area contributed by atoms with Crippen LogP contribution in [0.3, 0.4) is 0 Å². The van der Waals surface area contributed by atoms with E-state index in [0.29, 0.717) is 11.1 Å². The summed E-state index contributed by atoms with van der Waals surface area (Å²) in [5.41, 5.74) is 1.84. The van der Waals surface area contributed by atoms with E-state index in [1.165, 1.54) is 18.2 Å². The van der Waals surface area contributed by atoms with Gasteiger partial charge in [-0.3, -0.25) is 9.59 Å². The Morgan fingerprint density at radius 3 is 2.64 bits per heavy atom. The van der Waals surface area contributed by atoms with Gasteiger partial charge in [0.15, 0.2) is 11.6 Å². The molecule has 0 radical (unpaired) electrons. The monoisotopic (exact) mass is 286 g/mol. The third kappa shape index (κ3) is 1.85. The second kappa shape index (κ2) is 4.70. The summed E-state index contributed by atoms with van der Waals surface area (Å²) in [4.78, 5) is 23.8. The van der Waals surface area contributed by atoms with Crippen molar-refractivity contribution in [2.45, 2.75) is 0 Å². The van der Waals surface area contributed by atoms with Crippen LogP contribution in [0.2, 0.25) is 0 Å². The summed E-state index contributed by atoms with van der Waals surface area (Å²) < 4.78 is 0. The Morgan fingerprint density at radius 1 is 0.864 bits per heavy atom. The van der Waals surface area contributed by atoms with E-state index in [1.807, 2.05) is 36.4 Å². The number of hydrogen-bond donors (Lipinski definition) is 0. The minimum Gasteiger partial charge on any atom is -0.290 e. The van der Waals surface area contributed by atoms with Crippen molar-refractivity contribution in [3.63, 3.8) is 0 Å². The molecule has 0 amide bonds. The topological polar surface area (TPSA) is 59.9 Å². The molecular formula is C18H10N2O2. The molecular weight excluding hydrogens is 276 g/mol. The highest BCUT2D eigenvalue weighted by atomic mass is 16.1. The molecule has 0 atom stereocenters. The number of carbonyl (C=O) groups excluding carboxylic acids is 2. The summed E-state index contributed by atoms with van der Waals surface area (Å²) >= 11 is 0. The van der Waals surface area contributed by atoms with Gasteiger partial charge < -0.3 is 0 Å². The van der Waals surface area contributed by atoms with Crippen LogP contribution >= 0.6 is 0 Å². The van der Waals surface area contributed by atoms with Crippen molar-refractivity contribution in [3.8, 4) is 0 Å². The molecule has 1 aliphatic carbocycles. The van der Waals surface area contributed by atoms with Crippen LogP contribution in [-0.2, 0) is 9.59 Å². The van der Waals surface area contributed by atoms with E-state index in [4.69, 9.17) is 0 Å². The predicted molar refractivity (Wildman–Crippen MR) is 84.2 cm³/mol. The minimum atomic E-state index is -0.182. The van der Waals surface area contributed by atoms with E-state index in [0.717, 1.165) is 21.7 Å². The van der Waals surface area contributed by atoms with Crippen LogP contribution in [-0.4, -0.2) is 21.8 Å². The first-order valence-electron chi connectivity index (χ1n) is 6.85. The van der Waals surface area contributed by atoms with Gasteiger partial charge in [-0.2, -0.15) is 5.10 Å². The summed E-state index contributed by atoms with van der Waals surface area (Å²) in [6.45, 7) is 0. The fourth-order valence-corrected chi connectivity index (χ4v) is 2.77. The third-order valence-corrected chi connectivity index (χ3v) is 3.77. The number of benzene rings is 2. The highest BCUT2D eigenvalue weighted by molar-refractivity contribution is 6.36. The molecule has 4 rings (SSSR count). The summed E-state index contributed by atoms with van der Waals surface area (Å²) in [7, 11) is 0. The number of allylic oxidation sites excluding steroid dienone is 4. The van der Waals surface area contributed by atoms with Crippen molar-refractivity contribution in [1.82, 2.24) is 10.2 Å². The van der Waals surface area contributed by atoms with Crippen molar-refractivity contribution in [2.24, 2.45) is 0 Å². The van der Waals surface area contributed by atoms with Gasteiger partial charge >= 0.3 is 0 Å². The van der Waals surface area contributed by atoms with Gasteiger partial charge in [0.2, 0.25) is 0 Å². The second-order valence-corrected chi connectivity index (χ2v) is 5.10. The Kier molecular flexibility index (Phi) is 2.69. The molecule has 0 fully saturated rings. The maximum absolute atomic E-state index is 12.2. The van der Waals surface area contributed by atoms with Gasteiger partial charge in [-0.25, -0.2) is 0 Å². The van der Waals surface area contributed by atoms with Crippen LogP contribution in [0.5, 0.6) is 0 Å². The predicted octanol–water partition coefficient (Wildman–Crippen LogP) is 2.87. The minimum absolute atomic E-state index is 0.173. The van der Waals surface area contributed by atoms with Crippen LogP contribution in [0.15, 0.2) is 60.8 Å². The Morgan fingerprint density at radius 2 is 1.73 bits per heavy atom. The lowest BCUT2D eigenvalue weighted by atomic mass is 9.91. The lowest BCUT2D eigenvalue weighted by Gasteiger charge is -2.12. The number of nitrogens with zero attached hydrogens (tertiary/aromatic N) is 2. The van der Waals surface area contributed by atoms with Crippen LogP contribution < -0.4 is 0 Å². The average molecular weight is 286 g/mol. The van der Waals surface area contributed by atoms with Gasteiger partial charge in [-0.05, 0) is 35.2 Å². The van der Waals surface area contributed by atoms with Gasteiger partial charge in [0.25, 0.3) is 0 Å². The Bertz CT molecular complexity index is 1020. The molecule has 0 unspecified atom stereocenters. The zero-order valence-electron chi connectivity index (χ0n) is 11.5. The lowest BCUT2D eigenvalue weighted by Crippen LogP contribution is -2.07. The van der Waals surface area contributed by atoms with Crippen LogP contribution in [0.4, 0.5) is 0 Å². The molecule has 0 N–H and O–H groups in total. The standard InChI is InChI=1S/C18H10N2O2/c21-13-6-7-16(22)15(10-13)14-3-1-2-11-4-5-12-8-9-19-20-18(12)17(11)14/h1-10H. The second-order valence-electron chi connectivity index (χ2n) is 5.10. The highest BCUT2D eigenvalue weighted by Crippen LogP contribution is 2.31. The molecule has 1 heterocycles. The maximum atomic E-state index is 12.2. The first-order chi connectivity index (χ1) is 10.7. The highest BCUT2D eigenvalue weighted by Gasteiger charge is 2.18. The molecule has 1 aromatic heterocycles. The molecule has 4 nitrogen and oxygen atoms in total. The van der Waals surface area contributed by atoms with Crippen LogP contribution in [0.1, 0.15) is 5.56 Å². The number of aromatic nitrogens is 2. The number of ketones is 2. The average Bonchev–Trinajstić information content (AvgIpc) is 2.56. The zero-order chi connectivity index (χ0) is 15.1. The van der Waals surface area contributed by atoms with Crippen molar-refractivity contribution in [1.29, 1.82) is 0 Å². The molecule has 104 valence electrons. The molecule has 0 bridgehead atoms. The molecule has 0 spiro atoms. The molecule has 0 aliphatic heterocycles. The Balaban J connectivity index is 2.12. The maximum Gasteiger partial charge on any atom is 0.186 e. The number of fused-ring (bicyclic) bond motifs is 3. The Labute approximate surface area is 125 Å². The van der Waals surface area contributed by atoms with Crippen LogP contribution in [0.25, 0.3) is 27.2 Å². The summed E-state index contributed by atoms with van der Waals surface area (Å²) in [5.74, 6) is -0.356. The number of carbonyl (C=O) groups is 2. The van der Waals surface area contributed by atoms with Crippen molar-refractivity contribution >= 4 is 38.8 Å². The summed E-state index contributed by atoms with van der Waals surface area (Å²) in [6.07, 6.45) is 5.61. The molecule has 1 aliphatic rings. The largest absolute Gasteiger partial charge is 0.290 e. The molecule has 3 aromatic rings. The van der Waals surface area contributed by atoms with E-state index >= 15 is 0 Å². The van der Waals surface area contributed by atoms with E-state index in [1.54, 1.807) is 6.20 Å². The van der Waals surface area contributed by atoms with Crippen molar-refractivity contribution in [2.75, 3.05) is 0 Å². The summed E-state index contributed by atoms with van der Waals surface area (Å²) in [6, 6.07) is 11.5. The van der Waals surface area contributed by atoms with E-state index < -0.39 is 0 Å².